The predicted octanol–water partition coefficient (Wildman–Crippen LogP) is 6.28. The van der Waals surface area contributed by atoms with Crippen molar-refractivity contribution < 1.29 is 0 Å². The minimum Gasteiger partial charge on any atom is -0.385 e. The Hall–Kier alpha value is -0.500. The van der Waals surface area contributed by atoms with Crippen molar-refractivity contribution in [2.75, 3.05) is 11.9 Å². The molecule has 118 valence electrons. The maximum Gasteiger partial charge on any atom is 0.0373 e. The van der Waals surface area contributed by atoms with Crippen LogP contribution in [0.4, 0.5) is 5.69 Å². The summed E-state index contributed by atoms with van der Waals surface area (Å²) in [6.07, 6.45) is 6.64. The largest absolute Gasteiger partial charge is 0.385 e. The molecule has 1 aromatic carbocycles. The maximum absolute atomic E-state index is 3.69. The van der Waals surface area contributed by atoms with E-state index in [0.717, 1.165) is 24.8 Å². The van der Waals surface area contributed by atoms with E-state index in [1.165, 1.54) is 41.4 Å². The molecule has 1 aliphatic carbocycles. The highest BCUT2D eigenvalue weighted by Crippen LogP contribution is 2.39. The Morgan fingerprint density at radius 3 is 2.38 bits per heavy atom. The molecule has 2 heteroatoms. The SMILES string of the molecule is CCc1cc(Br)ccc1NCC1CCC(C(C)(C)C)CC1. The molecular weight excluding hydrogens is 322 g/mol. The van der Waals surface area contributed by atoms with Crippen molar-refractivity contribution in [1.29, 1.82) is 0 Å². The molecule has 0 aliphatic heterocycles. The summed E-state index contributed by atoms with van der Waals surface area (Å²) in [5, 5.41) is 3.69. The summed E-state index contributed by atoms with van der Waals surface area (Å²) in [6, 6.07) is 6.58. The highest BCUT2D eigenvalue weighted by Gasteiger charge is 2.29. The molecule has 0 aromatic heterocycles. The van der Waals surface area contributed by atoms with Gasteiger partial charge >= 0.3 is 0 Å². The van der Waals surface area contributed by atoms with Crippen LogP contribution < -0.4 is 5.32 Å². The molecule has 21 heavy (non-hydrogen) atoms. The first-order chi connectivity index (χ1) is 9.90. The van der Waals surface area contributed by atoms with Crippen molar-refractivity contribution in [1.82, 2.24) is 0 Å². The minimum absolute atomic E-state index is 0.486. The Labute approximate surface area is 139 Å². The van der Waals surface area contributed by atoms with Crippen LogP contribution >= 0.6 is 15.9 Å². The van der Waals surface area contributed by atoms with Crippen LogP contribution in [0.5, 0.6) is 0 Å². The van der Waals surface area contributed by atoms with Crippen LogP contribution in [-0.4, -0.2) is 6.54 Å². The van der Waals surface area contributed by atoms with Crippen LogP contribution in [0, 0.1) is 17.3 Å². The summed E-state index contributed by atoms with van der Waals surface area (Å²) in [7, 11) is 0. The molecule has 0 radical (unpaired) electrons. The summed E-state index contributed by atoms with van der Waals surface area (Å²) in [5.41, 5.74) is 3.21. The van der Waals surface area contributed by atoms with Gasteiger partial charge < -0.3 is 5.32 Å². The van der Waals surface area contributed by atoms with E-state index in [2.05, 4.69) is 67.1 Å². The first-order valence-corrected chi connectivity index (χ1v) is 9.21. The lowest BCUT2D eigenvalue weighted by Crippen LogP contribution is -2.28. The quantitative estimate of drug-likeness (QED) is 0.673. The summed E-state index contributed by atoms with van der Waals surface area (Å²) in [4.78, 5) is 0. The van der Waals surface area contributed by atoms with Crippen LogP contribution in [0.15, 0.2) is 22.7 Å². The lowest BCUT2D eigenvalue weighted by Gasteiger charge is -2.37. The van der Waals surface area contributed by atoms with Gasteiger partial charge in [0.15, 0.2) is 0 Å². The molecule has 0 amide bonds. The van der Waals surface area contributed by atoms with Crippen molar-refractivity contribution in [2.24, 2.45) is 17.3 Å². The zero-order valence-electron chi connectivity index (χ0n) is 14.0. The van der Waals surface area contributed by atoms with E-state index in [4.69, 9.17) is 0 Å². The number of benzene rings is 1. The molecule has 0 atom stereocenters. The number of anilines is 1. The van der Waals surface area contributed by atoms with Crippen LogP contribution in [0.25, 0.3) is 0 Å². The van der Waals surface area contributed by atoms with Gasteiger partial charge in [-0.3, -0.25) is 0 Å². The topological polar surface area (TPSA) is 12.0 Å². The van der Waals surface area contributed by atoms with Crippen molar-refractivity contribution in [2.45, 2.75) is 59.8 Å². The Morgan fingerprint density at radius 1 is 1.14 bits per heavy atom. The highest BCUT2D eigenvalue weighted by atomic mass is 79.9. The van der Waals surface area contributed by atoms with Gasteiger partial charge in [-0.1, -0.05) is 43.6 Å². The lowest BCUT2D eigenvalue weighted by atomic mass is 9.70. The monoisotopic (exact) mass is 351 g/mol. The molecule has 1 N–H and O–H groups in total. The van der Waals surface area contributed by atoms with E-state index in [1.807, 2.05) is 0 Å². The zero-order chi connectivity index (χ0) is 15.5. The summed E-state index contributed by atoms with van der Waals surface area (Å²) in [5.74, 6) is 1.75. The van der Waals surface area contributed by atoms with Gasteiger partial charge in [0.25, 0.3) is 0 Å². The predicted molar refractivity (Wildman–Crippen MR) is 96.9 cm³/mol. The average Bonchev–Trinajstić information content (AvgIpc) is 2.45. The molecule has 1 fully saturated rings. The highest BCUT2D eigenvalue weighted by molar-refractivity contribution is 9.10. The smallest absolute Gasteiger partial charge is 0.0373 e. The molecule has 0 saturated heterocycles. The van der Waals surface area contributed by atoms with Gasteiger partial charge in [0.05, 0.1) is 0 Å². The van der Waals surface area contributed by atoms with Crippen molar-refractivity contribution in [3.63, 3.8) is 0 Å². The third kappa shape index (κ3) is 4.74. The van der Waals surface area contributed by atoms with Crippen molar-refractivity contribution in [3.8, 4) is 0 Å². The summed E-state index contributed by atoms with van der Waals surface area (Å²) < 4.78 is 1.18. The Bertz CT molecular complexity index is 453. The number of nitrogens with one attached hydrogen (secondary N) is 1. The average molecular weight is 352 g/mol. The fourth-order valence-electron chi connectivity index (χ4n) is 3.51. The summed E-state index contributed by atoms with van der Waals surface area (Å²) in [6.45, 7) is 10.5. The molecule has 0 unspecified atom stereocenters. The lowest BCUT2D eigenvalue weighted by molar-refractivity contribution is 0.153. The number of hydrogen-bond acceptors (Lipinski definition) is 1. The second kappa shape index (κ2) is 7.17. The molecule has 0 spiro atoms. The standard InChI is InChI=1S/C19H30BrN/c1-5-15-12-17(20)10-11-18(15)21-13-14-6-8-16(9-7-14)19(2,3)4/h10-12,14,16,21H,5-9,13H2,1-4H3. The van der Waals surface area contributed by atoms with Gasteiger partial charge in [-0.05, 0) is 73.1 Å². The second-order valence-corrected chi connectivity index (χ2v) is 8.54. The number of hydrogen-bond donors (Lipinski definition) is 1. The summed E-state index contributed by atoms with van der Waals surface area (Å²) >= 11 is 3.56. The molecule has 0 bridgehead atoms. The van der Waals surface area contributed by atoms with Crippen molar-refractivity contribution in [3.05, 3.63) is 28.2 Å². The van der Waals surface area contributed by atoms with Gasteiger partial charge in [0.2, 0.25) is 0 Å². The van der Waals surface area contributed by atoms with Crippen molar-refractivity contribution >= 4 is 21.6 Å². The molecule has 0 heterocycles. The molecular formula is C19H30BrN. The first-order valence-electron chi connectivity index (χ1n) is 8.42. The minimum atomic E-state index is 0.486. The number of aryl methyl sites for hydroxylation is 1. The molecule has 1 aromatic rings. The molecule has 1 nitrogen and oxygen atoms in total. The van der Waals surface area contributed by atoms with Crippen LogP contribution in [0.2, 0.25) is 0 Å². The fraction of sp³-hybridized carbons (Fsp3) is 0.684. The van der Waals surface area contributed by atoms with Gasteiger partial charge in [0.1, 0.15) is 0 Å². The number of halogens is 1. The maximum atomic E-state index is 3.69. The van der Waals surface area contributed by atoms with E-state index in [9.17, 15) is 0 Å². The number of rotatable bonds is 4. The zero-order valence-corrected chi connectivity index (χ0v) is 15.6. The van der Waals surface area contributed by atoms with Crippen LogP contribution in [0.1, 0.15) is 58.9 Å². The van der Waals surface area contributed by atoms with E-state index in [0.29, 0.717) is 5.41 Å². The van der Waals surface area contributed by atoms with Gasteiger partial charge in [0, 0.05) is 16.7 Å². The second-order valence-electron chi connectivity index (χ2n) is 7.62. The van der Waals surface area contributed by atoms with E-state index in [1.54, 1.807) is 0 Å². The van der Waals surface area contributed by atoms with E-state index < -0.39 is 0 Å². The van der Waals surface area contributed by atoms with Gasteiger partial charge in [-0.15, -0.1) is 0 Å². The normalized spacial score (nSPS) is 23.1. The van der Waals surface area contributed by atoms with E-state index in [-0.39, 0.29) is 0 Å². The Morgan fingerprint density at radius 2 is 1.81 bits per heavy atom. The van der Waals surface area contributed by atoms with Crippen LogP contribution in [-0.2, 0) is 6.42 Å². The molecule has 1 aliphatic rings. The van der Waals surface area contributed by atoms with Gasteiger partial charge in [-0.25, -0.2) is 0 Å². The molecule has 2 rings (SSSR count). The van der Waals surface area contributed by atoms with Gasteiger partial charge in [-0.2, -0.15) is 0 Å². The van der Waals surface area contributed by atoms with Crippen LogP contribution in [0.3, 0.4) is 0 Å². The molecule has 1 saturated carbocycles. The van der Waals surface area contributed by atoms with E-state index >= 15 is 0 Å². The first kappa shape index (κ1) is 16.9. The third-order valence-electron chi connectivity index (χ3n) is 5.10. The third-order valence-corrected chi connectivity index (χ3v) is 5.59. The fourth-order valence-corrected chi connectivity index (χ4v) is 3.92. The Balaban J connectivity index is 1.85. The Kier molecular flexibility index (Phi) is 5.76.